The van der Waals surface area contributed by atoms with Crippen molar-refractivity contribution in [3.8, 4) is 0 Å². The van der Waals surface area contributed by atoms with Crippen LogP contribution in [0, 0.1) is 0 Å². The molecule has 2 aromatic heterocycles. The van der Waals surface area contributed by atoms with Crippen molar-refractivity contribution < 1.29 is 5.11 Å². The predicted molar refractivity (Wildman–Crippen MR) is 86.0 cm³/mol. The first-order valence-electron chi connectivity index (χ1n) is 7.28. The van der Waals surface area contributed by atoms with Gasteiger partial charge in [-0.1, -0.05) is 11.3 Å². The van der Waals surface area contributed by atoms with Crippen molar-refractivity contribution in [2.75, 3.05) is 35.6 Å². The van der Waals surface area contributed by atoms with Crippen molar-refractivity contribution in [2.24, 2.45) is 0 Å². The Kier molecular flexibility index (Phi) is 4.64. The van der Waals surface area contributed by atoms with Gasteiger partial charge in [0.1, 0.15) is 10.8 Å². The molecule has 1 saturated heterocycles. The van der Waals surface area contributed by atoms with E-state index in [0.717, 1.165) is 43.2 Å². The number of nitrogens with one attached hydrogen (secondary N) is 1. The zero-order valence-corrected chi connectivity index (χ0v) is 13.0. The third-order valence-electron chi connectivity index (χ3n) is 3.46. The Bertz CT molecular complexity index is 620. The number of aryl methyl sites for hydroxylation is 1. The molecule has 1 aliphatic heterocycles. The molecule has 0 aromatic carbocycles. The lowest BCUT2D eigenvalue weighted by Crippen LogP contribution is -2.22. The van der Waals surface area contributed by atoms with Gasteiger partial charge in [-0.15, -0.1) is 10.2 Å². The highest BCUT2D eigenvalue weighted by Crippen LogP contribution is 2.18. The molecule has 4 N–H and O–H groups in total. The highest BCUT2D eigenvalue weighted by molar-refractivity contribution is 7.15. The lowest BCUT2D eigenvalue weighted by molar-refractivity contribution is 0.198. The molecule has 0 radical (unpaired) electrons. The monoisotopic (exact) mass is 321 g/mol. The summed E-state index contributed by atoms with van der Waals surface area (Å²) in [6, 6.07) is 1.87. The molecule has 22 heavy (non-hydrogen) atoms. The van der Waals surface area contributed by atoms with Gasteiger partial charge >= 0.3 is 0 Å². The van der Waals surface area contributed by atoms with E-state index in [-0.39, 0.29) is 6.10 Å². The molecule has 0 spiro atoms. The standard InChI is InChI=1S/C13H19N7OS/c14-12-19-18-11(22-12)2-1-5-15-13-16-6-3-10(17-13)20-7-4-9(21)8-20/h3,6,9,21H,1-2,4-5,7-8H2,(H2,14,19)(H,15,16,17). The summed E-state index contributed by atoms with van der Waals surface area (Å²) in [5, 5.41) is 22.0. The molecule has 8 nitrogen and oxygen atoms in total. The summed E-state index contributed by atoms with van der Waals surface area (Å²) in [5.41, 5.74) is 5.55. The van der Waals surface area contributed by atoms with E-state index in [2.05, 4.69) is 30.4 Å². The van der Waals surface area contributed by atoms with E-state index in [9.17, 15) is 5.11 Å². The van der Waals surface area contributed by atoms with Gasteiger partial charge in [0.15, 0.2) is 0 Å². The number of aromatic nitrogens is 4. The molecule has 0 aliphatic carbocycles. The molecule has 3 rings (SSSR count). The zero-order valence-electron chi connectivity index (χ0n) is 12.1. The molecule has 1 fully saturated rings. The molecule has 0 amide bonds. The summed E-state index contributed by atoms with van der Waals surface area (Å²) in [6.07, 6.45) is 4.01. The average Bonchev–Trinajstić information content (AvgIpc) is 3.13. The molecule has 118 valence electrons. The van der Waals surface area contributed by atoms with E-state index in [1.165, 1.54) is 11.3 Å². The summed E-state index contributed by atoms with van der Waals surface area (Å²) in [7, 11) is 0. The fourth-order valence-corrected chi connectivity index (χ4v) is 3.02. The maximum atomic E-state index is 9.59. The molecular formula is C13H19N7OS. The van der Waals surface area contributed by atoms with Crippen LogP contribution in [0.2, 0.25) is 0 Å². The Morgan fingerprint density at radius 1 is 1.45 bits per heavy atom. The maximum absolute atomic E-state index is 9.59. The van der Waals surface area contributed by atoms with Crippen molar-refractivity contribution in [3.63, 3.8) is 0 Å². The first-order chi connectivity index (χ1) is 10.7. The van der Waals surface area contributed by atoms with Crippen LogP contribution in [0.3, 0.4) is 0 Å². The Labute approximate surface area is 132 Å². The minimum atomic E-state index is -0.259. The van der Waals surface area contributed by atoms with Crippen LogP contribution in [0.15, 0.2) is 12.3 Å². The van der Waals surface area contributed by atoms with Crippen LogP contribution in [-0.2, 0) is 6.42 Å². The highest BCUT2D eigenvalue weighted by Gasteiger charge is 2.21. The van der Waals surface area contributed by atoms with Crippen LogP contribution in [0.1, 0.15) is 17.8 Å². The van der Waals surface area contributed by atoms with Crippen LogP contribution < -0.4 is 16.0 Å². The minimum Gasteiger partial charge on any atom is -0.391 e. The van der Waals surface area contributed by atoms with Gasteiger partial charge in [-0.2, -0.15) is 4.98 Å². The van der Waals surface area contributed by atoms with E-state index in [1.54, 1.807) is 6.20 Å². The van der Waals surface area contributed by atoms with Crippen LogP contribution in [0.5, 0.6) is 0 Å². The SMILES string of the molecule is Nc1nnc(CCCNc2nccc(N3CCC(O)C3)n2)s1. The third kappa shape index (κ3) is 3.80. The van der Waals surface area contributed by atoms with Crippen LogP contribution >= 0.6 is 11.3 Å². The number of β-amino-alcohol motifs (C(OH)–C–C–N with tert-alkyl or cyclic N) is 1. The fourth-order valence-electron chi connectivity index (χ4n) is 2.37. The van der Waals surface area contributed by atoms with E-state index in [0.29, 0.717) is 17.6 Å². The van der Waals surface area contributed by atoms with E-state index in [4.69, 9.17) is 5.73 Å². The lowest BCUT2D eigenvalue weighted by atomic mass is 10.3. The molecular weight excluding hydrogens is 302 g/mol. The van der Waals surface area contributed by atoms with Gasteiger partial charge in [0.25, 0.3) is 0 Å². The Morgan fingerprint density at radius 2 is 2.36 bits per heavy atom. The van der Waals surface area contributed by atoms with Gasteiger partial charge in [-0.3, -0.25) is 0 Å². The van der Waals surface area contributed by atoms with Crippen molar-refractivity contribution in [1.82, 2.24) is 20.2 Å². The molecule has 0 saturated carbocycles. The molecule has 1 aliphatic rings. The highest BCUT2D eigenvalue weighted by atomic mass is 32.1. The smallest absolute Gasteiger partial charge is 0.224 e. The third-order valence-corrected chi connectivity index (χ3v) is 4.27. The van der Waals surface area contributed by atoms with Crippen molar-refractivity contribution >= 4 is 28.2 Å². The number of nitrogens with zero attached hydrogens (tertiary/aromatic N) is 5. The first-order valence-corrected chi connectivity index (χ1v) is 8.10. The topological polar surface area (TPSA) is 113 Å². The number of aliphatic hydroxyl groups is 1. The number of aliphatic hydroxyl groups excluding tert-OH is 1. The second kappa shape index (κ2) is 6.84. The van der Waals surface area contributed by atoms with Crippen molar-refractivity contribution in [2.45, 2.75) is 25.4 Å². The van der Waals surface area contributed by atoms with Crippen molar-refractivity contribution in [3.05, 3.63) is 17.3 Å². The number of nitrogens with two attached hydrogens (primary N) is 1. The molecule has 2 aromatic rings. The van der Waals surface area contributed by atoms with Crippen LogP contribution in [0.4, 0.5) is 16.9 Å². The Hall–Kier alpha value is -2.00. The second-order valence-corrected chi connectivity index (χ2v) is 6.28. The van der Waals surface area contributed by atoms with Gasteiger partial charge in [-0.25, -0.2) is 4.98 Å². The van der Waals surface area contributed by atoms with Crippen molar-refractivity contribution in [1.29, 1.82) is 0 Å². The predicted octanol–water partition coefficient (Wildman–Crippen LogP) is 0.526. The summed E-state index contributed by atoms with van der Waals surface area (Å²) in [6.45, 7) is 2.22. The summed E-state index contributed by atoms with van der Waals surface area (Å²) < 4.78 is 0. The molecule has 0 bridgehead atoms. The first kappa shape index (κ1) is 14.9. The van der Waals surface area contributed by atoms with Crippen LogP contribution in [0.25, 0.3) is 0 Å². The molecule has 3 heterocycles. The number of rotatable bonds is 6. The van der Waals surface area contributed by atoms with Gasteiger partial charge in [-0.05, 0) is 18.9 Å². The normalized spacial score (nSPS) is 17.9. The molecule has 1 unspecified atom stereocenters. The number of hydrogen-bond acceptors (Lipinski definition) is 9. The molecule has 9 heteroatoms. The van der Waals surface area contributed by atoms with Gasteiger partial charge in [0, 0.05) is 32.3 Å². The molecule has 1 atom stereocenters. The minimum absolute atomic E-state index is 0.259. The second-order valence-electron chi connectivity index (χ2n) is 5.19. The summed E-state index contributed by atoms with van der Waals surface area (Å²) in [4.78, 5) is 10.8. The van der Waals surface area contributed by atoms with Gasteiger partial charge in [0.05, 0.1) is 6.10 Å². The van der Waals surface area contributed by atoms with Crippen LogP contribution in [-0.4, -0.2) is 51.0 Å². The summed E-state index contributed by atoms with van der Waals surface area (Å²) >= 11 is 1.42. The zero-order chi connectivity index (χ0) is 15.4. The number of nitrogen functional groups attached to an aromatic ring is 1. The van der Waals surface area contributed by atoms with Gasteiger partial charge < -0.3 is 21.1 Å². The summed E-state index contributed by atoms with van der Waals surface area (Å²) in [5.74, 6) is 1.46. The van der Waals surface area contributed by atoms with E-state index in [1.807, 2.05) is 6.07 Å². The van der Waals surface area contributed by atoms with E-state index >= 15 is 0 Å². The largest absolute Gasteiger partial charge is 0.391 e. The lowest BCUT2D eigenvalue weighted by Gasteiger charge is -2.16. The fraction of sp³-hybridized carbons (Fsp3) is 0.538. The number of anilines is 3. The quantitative estimate of drug-likeness (QED) is 0.660. The average molecular weight is 321 g/mol. The van der Waals surface area contributed by atoms with E-state index < -0.39 is 0 Å². The van der Waals surface area contributed by atoms with Gasteiger partial charge in [0.2, 0.25) is 11.1 Å². The number of hydrogen-bond donors (Lipinski definition) is 3. The maximum Gasteiger partial charge on any atom is 0.224 e. The Morgan fingerprint density at radius 3 is 3.09 bits per heavy atom. The Balaban J connectivity index is 1.48.